The predicted octanol–water partition coefficient (Wildman–Crippen LogP) is 2.87. The van der Waals surface area contributed by atoms with E-state index >= 15 is 0 Å². The Morgan fingerprint density at radius 1 is 1.17 bits per heavy atom. The Kier molecular flexibility index (Phi) is 2.04. The minimum Gasteiger partial charge on any atom is -0.395 e. The van der Waals surface area contributed by atoms with Gasteiger partial charge >= 0.3 is 6.29 Å². The van der Waals surface area contributed by atoms with E-state index in [9.17, 15) is 8.78 Å². The summed E-state index contributed by atoms with van der Waals surface area (Å²) in [5.41, 5.74) is 1.24. The lowest BCUT2D eigenvalue weighted by Gasteiger charge is -2.06. The maximum absolute atomic E-state index is 13.0. The van der Waals surface area contributed by atoms with Crippen LogP contribution in [0.25, 0.3) is 11.1 Å². The van der Waals surface area contributed by atoms with Crippen LogP contribution in [0, 0.1) is 11.3 Å². The van der Waals surface area contributed by atoms with Gasteiger partial charge in [-0.15, -0.1) is 8.78 Å². The lowest BCUT2D eigenvalue weighted by molar-refractivity contribution is -0.286. The van der Waals surface area contributed by atoms with E-state index in [4.69, 9.17) is 5.26 Å². The smallest absolute Gasteiger partial charge is 0.395 e. The van der Waals surface area contributed by atoms with Crippen molar-refractivity contribution in [2.75, 3.05) is 0 Å². The Hall–Kier alpha value is -2.55. The molecule has 1 aromatic heterocycles. The van der Waals surface area contributed by atoms with Gasteiger partial charge in [-0.3, -0.25) is 0 Å². The molecule has 6 heteroatoms. The van der Waals surface area contributed by atoms with Gasteiger partial charge in [0.15, 0.2) is 11.5 Å². The zero-order valence-corrected chi connectivity index (χ0v) is 8.91. The number of halogens is 2. The molecule has 2 aromatic rings. The zero-order valence-electron chi connectivity index (χ0n) is 8.91. The first-order valence-corrected chi connectivity index (χ1v) is 5.07. The molecule has 0 saturated heterocycles. The Morgan fingerprint density at radius 2 is 2.00 bits per heavy atom. The first-order chi connectivity index (χ1) is 8.61. The summed E-state index contributed by atoms with van der Waals surface area (Å²) in [4.78, 5) is 2.75. The van der Waals surface area contributed by atoms with E-state index in [0.717, 1.165) is 0 Å². The first kappa shape index (κ1) is 10.6. The van der Waals surface area contributed by atoms with E-state index < -0.39 is 6.29 Å². The van der Waals surface area contributed by atoms with Crippen molar-refractivity contribution >= 4 is 0 Å². The number of nitrogens with one attached hydrogen (secondary N) is 1. The highest BCUT2D eigenvalue weighted by atomic mass is 19.3. The van der Waals surface area contributed by atoms with Gasteiger partial charge < -0.3 is 14.5 Å². The number of ether oxygens (including phenoxy) is 2. The predicted molar refractivity (Wildman–Crippen MR) is 57.1 cm³/mol. The number of nitrogens with zero attached hydrogens (tertiary/aromatic N) is 1. The van der Waals surface area contributed by atoms with Crippen LogP contribution in [0.4, 0.5) is 8.78 Å². The van der Waals surface area contributed by atoms with Crippen molar-refractivity contribution in [2.24, 2.45) is 0 Å². The lowest BCUT2D eigenvalue weighted by Crippen LogP contribution is -2.26. The second-order valence-corrected chi connectivity index (χ2v) is 3.69. The molecule has 0 aliphatic carbocycles. The number of nitriles is 1. The quantitative estimate of drug-likeness (QED) is 0.793. The lowest BCUT2D eigenvalue weighted by atomic mass is 10.2. The molecule has 4 nitrogen and oxygen atoms in total. The van der Waals surface area contributed by atoms with Crippen LogP contribution in [-0.2, 0) is 0 Å². The van der Waals surface area contributed by atoms with Crippen LogP contribution in [0.2, 0.25) is 0 Å². The largest absolute Gasteiger partial charge is 0.586 e. The Balaban J connectivity index is 2.17. The van der Waals surface area contributed by atoms with Gasteiger partial charge in [-0.25, -0.2) is 0 Å². The number of alkyl halides is 2. The van der Waals surface area contributed by atoms with Crippen LogP contribution in [0.5, 0.6) is 11.5 Å². The third-order valence-electron chi connectivity index (χ3n) is 2.58. The van der Waals surface area contributed by atoms with Gasteiger partial charge in [-0.1, -0.05) is 12.1 Å². The molecule has 18 heavy (non-hydrogen) atoms. The van der Waals surface area contributed by atoms with Gasteiger partial charge in [0.05, 0.1) is 5.56 Å². The summed E-state index contributed by atoms with van der Waals surface area (Å²) in [6.45, 7) is 0. The molecule has 3 rings (SSSR count). The molecule has 0 unspecified atom stereocenters. The van der Waals surface area contributed by atoms with E-state index in [1.807, 2.05) is 6.07 Å². The maximum atomic E-state index is 13.0. The molecule has 0 spiro atoms. The molecule has 1 aliphatic rings. The molecule has 1 N–H and O–H groups in total. The van der Waals surface area contributed by atoms with Crippen LogP contribution in [0.1, 0.15) is 5.56 Å². The summed E-state index contributed by atoms with van der Waals surface area (Å²) < 4.78 is 34.9. The highest BCUT2D eigenvalue weighted by Gasteiger charge is 2.44. The molecule has 1 aliphatic heterocycles. The standard InChI is InChI=1S/C12H6F2N2O2/c13-12(14)17-10-3-1-2-8(11(10)18-12)9-6-16-5-7(9)4-15/h1-3,5-6,16H/i4+1,5+1,9+1. The fourth-order valence-corrected chi connectivity index (χ4v) is 1.86. The third kappa shape index (κ3) is 1.49. The number of para-hydroxylation sites is 1. The number of aromatic nitrogens is 1. The monoisotopic (exact) mass is 251 g/mol. The van der Waals surface area contributed by atoms with Crippen molar-refractivity contribution in [3.05, 3.63) is 36.2 Å². The summed E-state index contributed by atoms with van der Waals surface area (Å²) in [6.07, 6.45) is -0.627. The molecule has 0 radical (unpaired) electrons. The molecule has 0 amide bonds. The number of benzene rings is 1. The molecule has 90 valence electrons. The van der Waals surface area contributed by atoms with Crippen LogP contribution in [0.3, 0.4) is 0 Å². The van der Waals surface area contributed by atoms with Gasteiger partial charge in [0, 0.05) is 23.5 Å². The van der Waals surface area contributed by atoms with Crippen molar-refractivity contribution in [3.8, 4) is 28.7 Å². The van der Waals surface area contributed by atoms with Crippen molar-refractivity contribution < 1.29 is 18.3 Å². The second-order valence-electron chi connectivity index (χ2n) is 3.69. The average molecular weight is 251 g/mol. The number of H-pyrrole nitrogens is 1. The van der Waals surface area contributed by atoms with E-state index in [1.54, 1.807) is 18.3 Å². The van der Waals surface area contributed by atoms with Crippen LogP contribution in [-0.4, -0.2) is 11.3 Å². The van der Waals surface area contributed by atoms with Gasteiger partial charge in [-0.2, -0.15) is 5.26 Å². The third-order valence-corrected chi connectivity index (χ3v) is 2.58. The topological polar surface area (TPSA) is 58.0 Å². The normalized spacial score (nSPS) is 15.4. The highest BCUT2D eigenvalue weighted by Crippen LogP contribution is 2.47. The van der Waals surface area contributed by atoms with E-state index in [0.29, 0.717) is 16.7 Å². The Labute approximate surface area is 100 Å². The summed E-state index contributed by atoms with van der Waals surface area (Å²) in [6, 6.07) is 6.51. The molecule has 2 heterocycles. The summed E-state index contributed by atoms with van der Waals surface area (Å²) in [5.74, 6) is -0.0961. The van der Waals surface area contributed by atoms with Gasteiger partial charge in [0.2, 0.25) is 0 Å². The number of hydrogen-bond donors (Lipinski definition) is 1. The van der Waals surface area contributed by atoms with Crippen molar-refractivity contribution in [2.45, 2.75) is 6.29 Å². The van der Waals surface area contributed by atoms with Gasteiger partial charge in [0.1, 0.15) is 6.07 Å². The molecule has 1 aromatic carbocycles. The molecule has 0 atom stereocenters. The molecule has 0 bridgehead atoms. The van der Waals surface area contributed by atoms with Crippen molar-refractivity contribution in [3.63, 3.8) is 0 Å². The average Bonchev–Trinajstić information content (AvgIpc) is 2.89. The van der Waals surface area contributed by atoms with E-state index in [1.165, 1.54) is 12.3 Å². The van der Waals surface area contributed by atoms with Crippen LogP contribution < -0.4 is 9.47 Å². The fraction of sp³-hybridized carbons (Fsp3) is 0.0833. The summed E-state index contributed by atoms with van der Waals surface area (Å²) in [7, 11) is 0. The van der Waals surface area contributed by atoms with Crippen LogP contribution in [0.15, 0.2) is 30.6 Å². The van der Waals surface area contributed by atoms with Gasteiger partial charge in [-0.05, 0) is 6.07 Å². The van der Waals surface area contributed by atoms with E-state index in [2.05, 4.69) is 14.5 Å². The number of rotatable bonds is 1. The van der Waals surface area contributed by atoms with E-state index in [-0.39, 0.29) is 11.5 Å². The van der Waals surface area contributed by atoms with Crippen molar-refractivity contribution in [1.29, 1.82) is 5.26 Å². The zero-order chi connectivity index (χ0) is 12.8. The first-order valence-electron chi connectivity index (χ1n) is 5.07. The minimum atomic E-state index is -3.67. The number of aromatic amines is 1. The summed E-state index contributed by atoms with van der Waals surface area (Å²) >= 11 is 0. The highest BCUT2D eigenvalue weighted by molar-refractivity contribution is 5.78. The van der Waals surface area contributed by atoms with Gasteiger partial charge in [0.25, 0.3) is 0 Å². The number of hydrogen-bond acceptors (Lipinski definition) is 3. The van der Waals surface area contributed by atoms with Crippen molar-refractivity contribution in [1.82, 2.24) is 4.98 Å². The molecule has 0 saturated carbocycles. The summed E-state index contributed by atoms with van der Waals surface area (Å²) in [5, 5.41) is 8.93. The molecular formula is C12H6F2N2O2. The minimum absolute atomic E-state index is 0.0393. The fourth-order valence-electron chi connectivity index (χ4n) is 1.86. The maximum Gasteiger partial charge on any atom is 0.586 e. The Morgan fingerprint density at radius 3 is 2.78 bits per heavy atom. The molecular weight excluding hydrogens is 245 g/mol. The SMILES string of the molecule is N#[13C]c1[13cH][nH]c[13c]1-c1cccc2c1OC(F)(F)O2. The second kappa shape index (κ2) is 3.47. The molecule has 0 fully saturated rings. The number of fused-ring (bicyclic) bond motifs is 1. The Bertz CT molecular complexity index is 658. The van der Waals surface area contributed by atoms with Crippen LogP contribution >= 0.6 is 0 Å².